The molecule has 1 N–H and O–H groups in total. The van der Waals surface area contributed by atoms with Crippen LogP contribution >= 0.6 is 23.2 Å². The summed E-state index contributed by atoms with van der Waals surface area (Å²) in [6.07, 6.45) is 0.909. The zero-order valence-electron chi connectivity index (χ0n) is 14.9. The van der Waals surface area contributed by atoms with Crippen LogP contribution < -0.4 is 10.1 Å². The van der Waals surface area contributed by atoms with E-state index in [4.69, 9.17) is 27.9 Å². The number of amides is 1. The number of carbonyl (C=O) groups is 2. The summed E-state index contributed by atoms with van der Waals surface area (Å²) in [6.45, 7) is 3.79. The van der Waals surface area contributed by atoms with Crippen LogP contribution in [0.4, 0.5) is 5.69 Å². The molecule has 2 aromatic rings. The Bertz CT molecular complexity index is 821. The Morgan fingerprint density at radius 1 is 1.12 bits per heavy atom. The number of hydrogen-bond donors (Lipinski definition) is 1. The van der Waals surface area contributed by atoms with Gasteiger partial charge in [-0.1, -0.05) is 43.1 Å². The second kappa shape index (κ2) is 9.06. The van der Waals surface area contributed by atoms with Gasteiger partial charge in [-0.3, -0.25) is 9.59 Å². The van der Waals surface area contributed by atoms with Gasteiger partial charge in [0.25, 0.3) is 0 Å². The van der Waals surface area contributed by atoms with Gasteiger partial charge in [-0.05, 0) is 42.3 Å². The van der Waals surface area contributed by atoms with Crippen molar-refractivity contribution in [2.24, 2.45) is 5.92 Å². The molecule has 0 bridgehead atoms. The molecule has 0 aliphatic rings. The fourth-order valence-corrected chi connectivity index (χ4v) is 2.68. The summed E-state index contributed by atoms with van der Waals surface area (Å²) in [5, 5.41) is 3.69. The molecule has 1 atom stereocenters. The zero-order valence-corrected chi connectivity index (χ0v) is 16.4. The van der Waals surface area contributed by atoms with E-state index in [9.17, 15) is 9.59 Å². The highest BCUT2D eigenvalue weighted by atomic mass is 35.5. The largest absolute Gasteiger partial charge is 0.495 e. The van der Waals surface area contributed by atoms with Crippen molar-refractivity contribution < 1.29 is 14.3 Å². The number of rotatable bonds is 7. The monoisotopic (exact) mass is 393 g/mol. The Hall–Kier alpha value is -2.04. The molecule has 0 fully saturated rings. The maximum absolute atomic E-state index is 12.6. The van der Waals surface area contributed by atoms with Gasteiger partial charge in [0.1, 0.15) is 5.75 Å². The summed E-state index contributed by atoms with van der Waals surface area (Å²) in [6, 6.07) is 10.1. The highest BCUT2D eigenvalue weighted by Gasteiger charge is 2.16. The van der Waals surface area contributed by atoms with Crippen molar-refractivity contribution >= 4 is 40.6 Å². The number of benzene rings is 2. The molecule has 0 spiro atoms. The van der Waals surface area contributed by atoms with E-state index >= 15 is 0 Å². The Morgan fingerprint density at radius 2 is 1.85 bits per heavy atom. The summed E-state index contributed by atoms with van der Waals surface area (Å²) in [7, 11) is 1.52. The molecule has 0 radical (unpaired) electrons. The molecule has 1 amide bonds. The number of halogens is 2. The minimum atomic E-state index is -0.129. The van der Waals surface area contributed by atoms with Gasteiger partial charge in [0.15, 0.2) is 5.78 Å². The van der Waals surface area contributed by atoms with E-state index in [-0.39, 0.29) is 24.0 Å². The van der Waals surface area contributed by atoms with Crippen LogP contribution in [-0.4, -0.2) is 18.8 Å². The van der Waals surface area contributed by atoms with Gasteiger partial charge in [-0.15, -0.1) is 0 Å². The van der Waals surface area contributed by atoms with E-state index in [1.54, 1.807) is 36.4 Å². The van der Waals surface area contributed by atoms with Crippen LogP contribution in [0.3, 0.4) is 0 Å². The molecular weight excluding hydrogens is 373 g/mol. The predicted octanol–water partition coefficient (Wildman–Crippen LogP) is 5.41. The first-order valence-electron chi connectivity index (χ1n) is 8.31. The Balaban J connectivity index is 2.23. The van der Waals surface area contributed by atoms with Gasteiger partial charge in [-0.2, -0.15) is 0 Å². The van der Waals surface area contributed by atoms with E-state index in [2.05, 4.69) is 5.32 Å². The number of Topliss-reactive ketones (excluding diaryl/α,β-unsaturated/α-hetero) is 1. The summed E-state index contributed by atoms with van der Waals surface area (Å²) < 4.78 is 5.28. The lowest BCUT2D eigenvalue weighted by atomic mass is 10.0. The third kappa shape index (κ3) is 4.99. The van der Waals surface area contributed by atoms with E-state index in [0.29, 0.717) is 27.0 Å². The van der Waals surface area contributed by atoms with Gasteiger partial charge >= 0.3 is 0 Å². The topological polar surface area (TPSA) is 55.4 Å². The number of methoxy groups -OCH3 is 1. The van der Waals surface area contributed by atoms with Crippen molar-refractivity contribution in [1.29, 1.82) is 0 Å². The van der Waals surface area contributed by atoms with Crippen LogP contribution in [0.5, 0.6) is 5.75 Å². The quantitative estimate of drug-likeness (QED) is 0.639. The van der Waals surface area contributed by atoms with Gasteiger partial charge in [0.2, 0.25) is 5.91 Å². The third-order valence-electron chi connectivity index (χ3n) is 4.19. The molecule has 138 valence electrons. The highest BCUT2D eigenvalue weighted by molar-refractivity contribution is 6.42. The summed E-state index contributed by atoms with van der Waals surface area (Å²) in [5.74, 6) is 0.174. The van der Waals surface area contributed by atoms with Crippen LogP contribution in [0.15, 0.2) is 36.4 Å². The molecule has 2 aromatic carbocycles. The first-order chi connectivity index (χ1) is 12.3. The van der Waals surface area contributed by atoms with Crippen LogP contribution in [0, 0.1) is 5.92 Å². The lowest BCUT2D eigenvalue weighted by Gasteiger charge is -2.14. The number of anilines is 1. The molecule has 0 aromatic heterocycles. The Morgan fingerprint density at radius 3 is 2.46 bits per heavy atom. The molecule has 26 heavy (non-hydrogen) atoms. The predicted molar refractivity (Wildman–Crippen MR) is 106 cm³/mol. The maximum atomic E-state index is 12.6. The first-order valence-corrected chi connectivity index (χ1v) is 9.07. The lowest BCUT2D eigenvalue weighted by Crippen LogP contribution is -2.20. The van der Waals surface area contributed by atoms with Crippen molar-refractivity contribution in [2.45, 2.75) is 26.7 Å². The molecule has 4 nitrogen and oxygen atoms in total. The fraction of sp³-hybridized carbons (Fsp3) is 0.300. The van der Waals surface area contributed by atoms with Crippen molar-refractivity contribution in [3.05, 3.63) is 57.6 Å². The van der Waals surface area contributed by atoms with E-state index < -0.39 is 0 Å². The Kier molecular flexibility index (Phi) is 7.06. The van der Waals surface area contributed by atoms with Gasteiger partial charge in [-0.25, -0.2) is 0 Å². The minimum Gasteiger partial charge on any atom is -0.495 e. The zero-order chi connectivity index (χ0) is 19.3. The van der Waals surface area contributed by atoms with E-state index in [0.717, 1.165) is 12.0 Å². The number of hydrogen-bond acceptors (Lipinski definition) is 3. The molecule has 6 heteroatoms. The van der Waals surface area contributed by atoms with Crippen LogP contribution in [0.2, 0.25) is 10.0 Å². The second-order valence-electron chi connectivity index (χ2n) is 6.06. The first kappa shape index (κ1) is 20.3. The highest BCUT2D eigenvalue weighted by Crippen LogP contribution is 2.28. The van der Waals surface area contributed by atoms with E-state index in [1.165, 1.54) is 7.11 Å². The van der Waals surface area contributed by atoms with Crippen molar-refractivity contribution in [1.82, 2.24) is 0 Å². The molecule has 0 aliphatic heterocycles. The van der Waals surface area contributed by atoms with Crippen molar-refractivity contribution in [2.75, 3.05) is 12.4 Å². The SMILES string of the molecule is CCC(C)C(=O)Nc1cc(C(=O)Cc2ccc(Cl)c(Cl)c2)ccc1OC. The fourth-order valence-electron chi connectivity index (χ4n) is 2.36. The molecule has 0 heterocycles. The molecule has 2 rings (SSSR count). The average Bonchev–Trinajstić information content (AvgIpc) is 2.63. The lowest BCUT2D eigenvalue weighted by molar-refractivity contribution is -0.119. The number of ketones is 1. The normalized spacial score (nSPS) is 11.7. The van der Waals surface area contributed by atoms with Gasteiger partial charge in [0, 0.05) is 17.9 Å². The number of carbonyl (C=O) groups excluding carboxylic acids is 2. The Labute approximate surface area is 163 Å². The molecular formula is C20H21Cl2NO3. The van der Waals surface area contributed by atoms with Crippen LogP contribution in [0.1, 0.15) is 36.2 Å². The molecule has 0 saturated carbocycles. The molecule has 0 aliphatic carbocycles. The summed E-state index contributed by atoms with van der Waals surface area (Å²) in [5.41, 5.74) is 1.74. The van der Waals surface area contributed by atoms with Crippen LogP contribution in [0.25, 0.3) is 0 Å². The standard InChI is InChI=1S/C20H21Cl2NO3/c1-4-12(2)20(25)23-17-11-14(6-8-19(17)26-3)18(24)10-13-5-7-15(21)16(22)9-13/h5-9,11-12H,4,10H2,1-3H3,(H,23,25). The molecule has 0 saturated heterocycles. The second-order valence-corrected chi connectivity index (χ2v) is 6.88. The third-order valence-corrected chi connectivity index (χ3v) is 4.93. The smallest absolute Gasteiger partial charge is 0.227 e. The van der Waals surface area contributed by atoms with Gasteiger partial charge in [0.05, 0.1) is 22.8 Å². The average molecular weight is 394 g/mol. The van der Waals surface area contributed by atoms with Crippen molar-refractivity contribution in [3.63, 3.8) is 0 Å². The maximum Gasteiger partial charge on any atom is 0.227 e. The van der Waals surface area contributed by atoms with Crippen LogP contribution in [-0.2, 0) is 11.2 Å². The number of ether oxygens (including phenoxy) is 1. The van der Waals surface area contributed by atoms with E-state index in [1.807, 2.05) is 13.8 Å². The molecule has 1 unspecified atom stereocenters. The summed E-state index contributed by atoms with van der Waals surface area (Å²) in [4.78, 5) is 24.8. The summed E-state index contributed by atoms with van der Waals surface area (Å²) >= 11 is 11.9. The minimum absolute atomic E-state index is 0.0925. The number of nitrogens with one attached hydrogen (secondary N) is 1. The van der Waals surface area contributed by atoms with Crippen molar-refractivity contribution in [3.8, 4) is 5.75 Å². The van der Waals surface area contributed by atoms with Gasteiger partial charge < -0.3 is 10.1 Å².